The van der Waals surface area contributed by atoms with E-state index < -0.39 is 0 Å². The van der Waals surface area contributed by atoms with E-state index >= 15 is 0 Å². The van der Waals surface area contributed by atoms with Crippen molar-refractivity contribution in [2.24, 2.45) is 0 Å². The predicted octanol–water partition coefficient (Wildman–Crippen LogP) is 0.286. The van der Waals surface area contributed by atoms with Gasteiger partial charge < -0.3 is 15.0 Å². The largest absolute Gasteiger partial charge is 0.389 e. The first-order valence-electron chi connectivity index (χ1n) is 4.14. The van der Waals surface area contributed by atoms with E-state index in [0.29, 0.717) is 13.1 Å². The van der Waals surface area contributed by atoms with Gasteiger partial charge >= 0.3 is 0 Å². The van der Waals surface area contributed by atoms with Crippen LogP contribution in [0.15, 0.2) is 0 Å². The second-order valence-corrected chi connectivity index (χ2v) is 3.25. The Hall–Kier alpha value is -1.03. The molecule has 2 N–H and O–H groups in total. The molecule has 0 spiro atoms. The summed E-state index contributed by atoms with van der Waals surface area (Å²) in [5, 5.41) is 12.5. The highest BCUT2D eigenvalue weighted by atomic mass is 16.3. The lowest BCUT2D eigenvalue weighted by Crippen LogP contribution is -2.32. The van der Waals surface area contributed by atoms with Crippen LogP contribution in [0.2, 0.25) is 0 Å². The number of aryl methyl sites for hydroxylation is 1. The molecule has 1 aromatic rings. The number of aliphatic hydroxyl groups is 1. The highest BCUT2D eigenvalue weighted by Crippen LogP contribution is 2.18. The Morgan fingerprint density at radius 3 is 3.08 bits per heavy atom. The first-order valence-corrected chi connectivity index (χ1v) is 4.14. The summed E-state index contributed by atoms with van der Waals surface area (Å²) in [7, 11) is 0. The lowest BCUT2D eigenvalue weighted by molar-refractivity contribution is 0.159. The standard InChI is InChI=1S/C8H13N3O/c1-5-6(2)11-4-7(12)3-9-8(11)10-5/h7,12H,3-4H2,1-2H3,(H,9,10). The normalized spacial score (nSPS) is 21.8. The second-order valence-electron chi connectivity index (χ2n) is 3.25. The van der Waals surface area contributed by atoms with E-state index in [0.717, 1.165) is 17.3 Å². The Morgan fingerprint density at radius 2 is 2.33 bits per heavy atom. The van der Waals surface area contributed by atoms with Gasteiger partial charge in [0.25, 0.3) is 0 Å². The summed E-state index contributed by atoms with van der Waals surface area (Å²) in [5.41, 5.74) is 2.17. The van der Waals surface area contributed by atoms with Crippen LogP contribution in [0.3, 0.4) is 0 Å². The molecule has 66 valence electrons. The van der Waals surface area contributed by atoms with E-state index in [4.69, 9.17) is 0 Å². The van der Waals surface area contributed by atoms with Crippen molar-refractivity contribution >= 4 is 5.95 Å². The van der Waals surface area contributed by atoms with Crippen molar-refractivity contribution in [1.82, 2.24) is 9.55 Å². The molecule has 0 radical (unpaired) electrons. The minimum absolute atomic E-state index is 0.287. The smallest absolute Gasteiger partial charge is 0.203 e. The Balaban J connectivity index is 2.44. The third kappa shape index (κ3) is 0.992. The number of nitrogens with zero attached hydrogens (tertiary/aromatic N) is 2. The molecule has 1 aliphatic heterocycles. The Bertz CT molecular complexity index is 305. The van der Waals surface area contributed by atoms with Gasteiger partial charge in [0.1, 0.15) is 0 Å². The number of hydrogen-bond donors (Lipinski definition) is 2. The zero-order valence-electron chi connectivity index (χ0n) is 7.33. The molecule has 0 fully saturated rings. The van der Waals surface area contributed by atoms with E-state index in [2.05, 4.69) is 10.3 Å². The molecule has 0 amide bonds. The fourth-order valence-electron chi connectivity index (χ4n) is 1.50. The molecule has 0 bridgehead atoms. The molecule has 0 aromatic carbocycles. The zero-order chi connectivity index (χ0) is 8.72. The van der Waals surface area contributed by atoms with Crippen molar-refractivity contribution in [3.63, 3.8) is 0 Å². The summed E-state index contributed by atoms with van der Waals surface area (Å²) in [6.07, 6.45) is -0.287. The third-order valence-corrected chi connectivity index (χ3v) is 2.35. The Morgan fingerprint density at radius 1 is 1.58 bits per heavy atom. The number of hydrogen-bond acceptors (Lipinski definition) is 3. The summed E-state index contributed by atoms with van der Waals surface area (Å²) in [5.74, 6) is 0.885. The summed E-state index contributed by atoms with van der Waals surface area (Å²) in [4.78, 5) is 4.33. The summed E-state index contributed by atoms with van der Waals surface area (Å²) >= 11 is 0. The van der Waals surface area contributed by atoms with Crippen LogP contribution in [-0.4, -0.2) is 27.3 Å². The first kappa shape index (κ1) is 7.61. The highest BCUT2D eigenvalue weighted by Gasteiger charge is 2.19. The molecule has 1 aliphatic rings. The first-order chi connectivity index (χ1) is 5.68. The quantitative estimate of drug-likeness (QED) is 0.583. The van der Waals surface area contributed by atoms with E-state index in [9.17, 15) is 5.11 Å². The molecule has 0 saturated carbocycles. The fourth-order valence-corrected chi connectivity index (χ4v) is 1.50. The van der Waals surface area contributed by atoms with Crippen molar-refractivity contribution in [2.45, 2.75) is 26.5 Å². The maximum atomic E-state index is 9.38. The highest BCUT2D eigenvalue weighted by molar-refractivity contribution is 5.35. The minimum atomic E-state index is -0.287. The molecule has 1 unspecified atom stereocenters. The molecular weight excluding hydrogens is 154 g/mol. The lowest BCUT2D eigenvalue weighted by atomic mass is 10.3. The molecule has 1 atom stereocenters. The third-order valence-electron chi connectivity index (χ3n) is 2.35. The number of fused-ring (bicyclic) bond motifs is 1. The molecule has 2 rings (SSSR count). The van der Waals surface area contributed by atoms with Crippen LogP contribution >= 0.6 is 0 Å². The molecular formula is C8H13N3O. The van der Waals surface area contributed by atoms with E-state index in [-0.39, 0.29) is 6.10 Å². The van der Waals surface area contributed by atoms with Crippen LogP contribution in [0.1, 0.15) is 11.4 Å². The topological polar surface area (TPSA) is 50.1 Å². The van der Waals surface area contributed by atoms with Gasteiger partial charge in [-0.15, -0.1) is 0 Å². The van der Waals surface area contributed by atoms with E-state index in [1.54, 1.807) is 0 Å². The number of aliphatic hydroxyl groups excluding tert-OH is 1. The predicted molar refractivity (Wildman–Crippen MR) is 46.2 cm³/mol. The Kier molecular flexibility index (Phi) is 1.58. The van der Waals surface area contributed by atoms with Crippen molar-refractivity contribution in [1.29, 1.82) is 0 Å². The summed E-state index contributed by atoms with van der Waals surface area (Å²) in [6, 6.07) is 0. The van der Waals surface area contributed by atoms with Crippen molar-refractivity contribution in [3.05, 3.63) is 11.4 Å². The van der Waals surface area contributed by atoms with Crippen LogP contribution in [0.5, 0.6) is 0 Å². The second kappa shape index (κ2) is 2.48. The number of aromatic nitrogens is 2. The summed E-state index contributed by atoms with van der Waals surface area (Å²) in [6.45, 7) is 5.27. The van der Waals surface area contributed by atoms with Gasteiger partial charge in [-0.25, -0.2) is 4.98 Å². The van der Waals surface area contributed by atoms with Gasteiger partial charge in [0.15, 0.2) is 0 Å². The zero-order valence-corrected chi connectivity index (χ0v) is 7.33. The molecule has 4 nitrogen and oxygen atoms in total. The van der Waals surface area contributed by atoms with Crippen LogP contribution in [-0.2, 0) is 6.54 Å². The number of β-amino-alcohol motifs (C(OH)–C–C–N with tert-alkyl or cyclic N) is 1. The molecule has 12 heavy (non-hydrogen) atoms. The van der Waals surface area contributed by atoms with E-state index in [1.165, 1.54) is 0 Å². The monoisotopic (exact) mass is 167 g/mol. The molecule has 4 heteroatoms. The molecule has 1 aromatic heterocycles. The number of imidazole rings is 1. The Labute approximate surface area is 71.2 Å². The SMILES string of the molecule is Cc1nc2n(c1C)CC(O)CN2. The van der Waals surface area contributed by atoms with Gasteiger partial charge in [0.2, 0.25) is 5.95 Å². The fraction of sp³-hybridized carbons (Fsp3) is 0.625. The molecule has 0 saturated heterocycles. The van der Waals surface area contributed by atoms with Crippen LogP contribution in [0.4, 0.5) is 5.95 Å². The molecule has 2 heterocycles. The van der Waals surface area contributed by atoms with Crippen LogP contribution < -0.4 is 5.32 Å². The van der Waals surface area contributed by atoms with Gasteiger partial charge in [-0.1, -0.05) is 0 Å². The maximum absolute atomic E-state index is 9.38. The number of nitrogens with one attached hydrogen (secondary N) is 1. The minimum Gasteiger partial charge on any atom is -0.389 e. The summed E-state index contributed by atoms with van der Waals surface area (Å²) < 4.78 is 2.02. The maximum Gasteiger partial charge on any atom is 0.203 e. The number of anilines is 1. The van der Waals surface area contributed by atoms with Gasteiger partial charge in [-0.2, -0.15) is 0 Å². The van der Waals surface area contributed by atoms with Crippen molar-refractivity contribution < 1.29 is 5.11 Å². The van der Waals surface area contributed by atoms with Crippen LogP contribution in [0, 0.1) is 13.8 Å². The van der Waals surface area contributed by atoms with Crippen molar-refractivity contribution in [3.8, 4) is 0 Å². The van der Waals surface area contributed by atoms with Gasteiger partial charge in [-0.05, 0) is 13.8 Å². The van der Waals surface area contributed by atoms with Gasteiger partial charge in [-0.3, -0.25) is 0 Å². The van der Waals surface area contributed by atoms with Crippen molar-refractivity contribution in [2.75, 3.05) is 11.9 Å². The van der Waals surface area contributed by atoms with Gasteiger partial charge in [0.05, 0.1) is 18.3 Å². The van der Waals surface area contributed by atoms with Gasteiger partial charge in [0, 0.05) is 12.2 Å². The molecule has 0 aliphatic carbocycles. The van der Waals surface area contributed by atoms with Crippen LogP contribution in [0.25, 0.3) is 0 Å². The number of rotatable bonds is 0. The average molecular weight is 167 g/mol. The van der Waals surface area contributed by atoms with E-state index in [1.807, 2.05) is 18.4 Å². The lowest BCUT2D eigenvalue weighted by Gasteiger charge is -2.21. The average Bonchev–Trinajstić information content (AvgIpc) is 2.31.